The number of amides is 1. The number of hydrogen-bond donors (Lipinski definition) is 1. The van der Waals surface area contributed by atoms with Crippen molar-refractivity contribution in [2.45, 2.75) is 12.2 Å². The summed E-state index contributed by atoms with van der Waals surface area (Å²) in [5, 5.41) is 10.3. The molecule has 6 nitrogen and oxygen atoms in total. The average Bonchev–Trinajstić information content (AvgIpc) is 2.65. The summed E-state index contributed by atoms with van der Waals surface area (Å²) in [7, 11) is 0. The lowest BCUT2D eigenvalue weighted by Gasteiger charge is -2.25. The van der Waals surface area contributed by atoms with E-state index in [4.69, 9.17) is 19.4 Å². The maximum atomic E-state index is 11.6. The zero-order chi connectivity index (χ0) is 9.97. The van der Waals surface area contributed by atoms with E-state index in [1.165, 1.54) is 0 Å². The van der Waals surface area contributed by atoms with Gasteiger partial charge in [-0.05, 0) is 0 Å². The lowest BCUT2D eigenvalue weighted by Crippen LogP contribution is -2.44. The van der Waals surface area contributed by atoms with E-state index in [1.807, 2.05) is 0 Å². The molecule has 2 fully saturated rings. The summed E-state index contributed by atoms with van der Waals surface area (Å²) in [4.78, 5) is 16.6. The topological polar surface area (TPSA) is 68.2 Å². The molecule has 80 valence electrons. The first kappa shape index (κ1) is 9.85. The summed E-state index contributed by atoms with van der Waals surface area (Å²) in [5.41, 5.74) is 0. The minimum Gasteiger partial charge on any atom is -0.389 e. The number of aliphatic hydroxyl groups excluding tert-OH is 1. The van der Waals surface area contributed by atoms with Crippen LogP contribution in [0.4, 0.5) is 0 Å². The maximum Gasteiger partial charge on any atom is 0.277 e. The van der Waals surface area contributed by atoms with Crippen molar-refractivity contribution in [2.75, 3.05) is 33.0 Å². The third-order valence-corrected chi connectivity index (χ3v) is 2.14. The molecular weight excluding hydrogens is 190 g/mol. The summed E-state index contributed by atoms with van der Waals surface area (Å²) in [6, 6.07) is 0. The largest absolute Gasteiger partial charge is 0.389 e. The summed E-state index contributed by atoms with van der Waals surface area (Å²) >= 11 is 0. The fraction of sp³-hybridized carbons (Fsp3) is 0.875. The van der Waals surface area contributed by atoms with E-state index in [9.17, 15) is 4.79 Å². The lowest BCUT2D eigenvalue weighted by atomic mass is 10.3. The fourth-order valence-electron chi connectivity index (χ4n) is 1.42. The molecule has 1 N–H and O–H groups in total. The summed E-state index contributed by atoms with van der Waals surface area (Å²) in [6.07, 6.45) is -1.18. The van der Waals surface area contributed by atoms with Gasteiger partial charge in [0.25, 0.3) is 5.91 Å². The monoisotopic (exact) mass is 203 g/mol. The van der Waals surface area contributed by atoms with Gasteiger partial charge in [0.05, 0.1) is 26.4 Å². The molecule has 1 amide bonds. The smallest absolute Gasteiger partial charge is 0.277 e. The van der Waals surface area contributed by atoms with Crippen molar-refractivity contribution in [3.05, 3.63) is 0 Å². The molecule has 0 aromatic heterocycles. The first-order chi connectivity index (χ1) is 6.77. The molecular formula is C8H13NO5. The predicted molar refractivity (Wildman–Crippen MR) is 44.2 cm³/mol. The molecule has 14 heavy (non-hydrogen) atoms. The number of aliphatic hydroxyl groups is 1. The molecule has 0 bridgehead atoms. The van der Waals surface area contributed by atoms with Crippen LogP contribution in [0, 0.1) is 0 Å². The van der Waals surface area contributed by atoms with Crippen molar-refractivity contribution < 1.29 is 24.2 Å². The van der Waals surface area contributed by atoms with Gasteiger partial charge in [-0.15, -0.1) is 0 Å². The van der Waals surface area contributed by atoms with Crippen molar-refractivity contribution >= 4 is 5.91 Å². The Labute approximate surface area is 81.3 Å². The quantitative estimate of drug-likeness (QED) is 0.564. The highest BCUT2D eigenvalue weighted by Gasteiger charge is 2.33. The van der Waals surface area contributed by atoms with Crippen LogP contribution < -0.4 is 0 Å². The van der Waals surface area contributed by atoms with Crippen LogP contribution in [0.5, 0.6) is 0 Å². The highest BCUT2D eigenvalue weighted by molar-refractivity contribution is 5.80. The maximum absolute atomic E-state index is 11.6. The minimum atomic E-state index is -0.594. The molecule has 0 aliphatic carbocycles. The second-order valence-electron chi connectivity index (χ2n) is 3.28. The minimum absolute atomic E-state index is 0.166. The van der Waals surface area contributed by atoms with Crippen LogP contribution in [0.25, 0.3) is 0 Å². The van der Waals surface area contributed by atoms with E-state index < -0.39 is 12.2 Å². The lowest BCUT2D eigenvalue weighted by molar-refractivity contribution is -0.191. The number of rotatable bonds is 1. The van der Waals surface area contributed by atoms with E-state index in [2.05, 4.69) is 0 Å². The van der Waals surface area contributed by atoms with Gasteiger partial charge in [-0.3, -0.25) is 9.63 Å². The predicted octanol–water partition coefficient (Wildman–Crippen LogP) is -1.46. The highest BCUT2D eigenvalue weighted by atomic mass is 16.7. The number of carbonyl (C=O) groups is 1. The number of β-amino-alcohol motifs (C(OH)–C–C–N with tert-alkyl or cyclic N) is 1. The summed E-state index contributed by atoms with van der Waals surface area (Å²) in [5.74, 6) is -0.277. The van der Waals surface area contributed by atoms with Gasteiger partial charge in [0, 0.05) is 0 Å². The standard InChI is InChI=1S/C8H13NO5/c10-6-3-9(14-4-6)8(11)7-5-12-1-2-13-7/h6-7,10H,1-5H2/t6-,7?/m0/s1. The van der Waals surface area contributed by atoms with Crippen molar-refractivity contribution in [1.29, 1.82) is 0 Å². The molecule has 2 aliphatic heterocycles. The highest BCUT2D eigenvalue weighted by Crippen LogP contribution is 2.11. The van der Waals surface area contributed by atoms with Gasteiger partial charge in [0.2, 0.25) is 0 Å². The number of hydroxylamine groups is 2. The van der Waals surface area contributed by atoms with Crippen molar-refractivity contribution in [1.82, 2.24) is 5.06 Å². The van der Waals surface area contributed by atoms with E-state index in [1.54, 1.807) is 0 Å². The van der Waals surface area contributed by atoms with Crippen molar-refractivity contribution in [3.63, 3.8) is 0 Å². The Hall–Kier alpha value is -0.690. The Morgan fingerprint density at radius 3 is 2.79 bits per heavy atom. The molecule has 0 aromatic carbocycles. The molecule has 1 unspecified atom stereocenters. The Kier molecular flexibility index (Phi) is 2.97. The van der Waals surface area contributed by atoms with Gasteiger partial charge in [-0.2, -0.15) is 0 Å². The Bertz CT molecular complexity index is 209. The first-order valence-corrected chi connectivity index (χ1v) is 4.59. The summed E-state index contributed by atoms with van der Waals surface area (Å²) < 4.78 is 10.3. The fourth-order valence-corrected chi connectivity index (χ4v) is 1.42. The number of nitrogens with zero attached hydrogens (tertiary/aromatic N) is 1. The van der Waals surface area contributed by atoms with Crippen LogP contribution in [0.1, 0.15) is 0 Å². The van der Waals surface area contributed by atoms with Crippen molar-refractivity contribution in [3.8, 4) is 0 Å². The zero-order valence-corrected chi connectivity index (χ0v) is 7.72. The van der Waals surface area contributed by atoms with Crippen LogP contribution >= 0.6 is 0 Å². The van der Waals surface area contributed by atoms with Crippen molar-refractivity contribution in [2.24, 2.45) is 0 Å². The van der Waals surface area contributed by atoms with Crippen LogP contribution in [0.2, 0.25) is 0 Å². The first-order valence-electron chi connectivity index (χ1n) is 4.59. The molecule has 0 radical (unpaired) electrons. The molecule has 0 spiro atoms. The summed E-state index contributed by atoms with van der Waals surface area (Å²) in [6.45, 7) is 1.58. The van der Waals surface area contributed by atoms with Gasteiger partial charge in [0.1, 0.15) is 12.7 Å². The normalized spacial score (nSPS) is 33.4. The molecule has 2 rings (SSSR count). The van der Waals surface area contributed by atoms with Gasteiger partial charge in [0.15, 0.2) is 6.10 Å². The average molecular weight is 203 g/mol. The number of hydrogen-bond acceptors (Lipinski definition) is 5. The van der Waals surface area contributed by atoms with Gasteiger partial charge < -0.3 is 14.6 Å². The molecule has 2 atom stereocenters. The SMILES string of the molecule is O=C(C1COCCO1)N1C[C@H](O)CO1. The number of ether oxygens (including phenoxy) is 2. The third-order valence-electron chi connectivity index (χ3n) is 2.14. The van der Waals surface area contributed by atoms with Crippen LogP contribution in [-0.2, 0) is 19.1 Å². The van der Waals surface area contributed by atoms with E-state index in [0.717, 1.165) is 5.06 Å². The molecule has 2 aliphatic rings. The van der Waals surface area contributed by atoms with Gasteiger partial charge in [-0.25, -0.2) is 5.06 Å². The van der Waals surface area contributed by atoms with E-state index >= 15 is 0 Å². The van der Waals surface area contributed by atoms with Crippen LogP contribution in [-0.4, -0.2) is 61.3 Å². The van der Waals surface area contributed by atoms with Crippen LogP contribution in [0.3, 0.4) is 0 Å². The Morgan fingerprint density at radius 2 is 2.21 bits per heavy atom. The van der Waals surface area contributed by atoms with Gasteiger partial charge >= 0.3 is 0 Å². The third kappa shape index (κ3) is 2.03. The molecule has 2 saturated heterocycles. The second-order valence-corrected chi connectivity index (χ2v) is 3.28. The second kappa shape index (κ2) is 4.22. The van der Waals surface area contributed by atoms with Gasteiger partial charge in [-0.1, -0.05) is 0 Å². The van der Waals surface area contributed by atoms with E-state index in [0.29, 0.717) is 13.2 Å². The Balaban J connectivity index is 1.87. The zero-order valence-electron chi connectivity index (χ0n) is 7.72. The molecule has 0 aromatic rings. The van der Waals surface area contributed by atoms with E-state index in [-0.39, 0.29) is 25.7 Å². The molecule has 6 heteroatoms. The van der Waals surface area contributed by atoms with Crippen LogP contribution in [0.15, 0.2) is 0 Å². The molecule has 0 saturated carbocycles. The number of carbonyl (C=O) groups excluding carboxylic acids is 1. The Morgan fingerprint density at radius 1 is 1.36 bits per heavy atom. The molecule has 2 heterocycles.